The summed E-state index contributed by atoms with van der Waals surface area (Å²) in [5.74, 6) is 0.175. The van der Waals surface area contributed by atoms with Gasteiger partial charge in [0.2, 0.25) is 0 Å². The number of likely N-dealkylation sites (N-methyl/N-ethyl adjacent to an activating group) is 1. The van der Waals surface area contributed by atoms with Crippen LogP contribution in [0.3, 0.4) is 0 Å². The van der Waals surface area contributed by atoms with Gasteiger partial charge in [-0.3, -0.25) is 0 Å². The van der Waals surface area contributed by atoms with E-state index in [9.17, 15) is 9.50 Å². The molecule has 17 heavy (non-hydrogen) atoms. The van der Waals surface area contributed by atoms with Crippen molar-refractivity contribution in [1.29, 1.82) is 0 Å². The van der Waals surface area contributed by atoms with Crippen LogP contribution in [-0.2, 0) is 11.3 Å². The lowest BCUT2D eigenvalue weighted by atomic mass is 10.2. The number of methoxy groups -OCH3 is 1. The summed E-state index contributed by atoms with van der Waals surface area (Å²) in [6.45, 7) is 5.03. The molecule has 0 aliphatic rings. The Kier molecular flexibility index (Phi) is 5.31. The van der Waals surface area contributed by atoms with Crippen molar-refractivity contribution in [3.8, 4) is 0 Å². The number of rotatable bonds is 6. The average Bonchev–Trinajstić information content (AvgIpc) is 2.32. The number of anilines is 1. The molecule has 0 aliphatic carbocycles. The van der Waals surface area contributed by atoms with E-state index in [1.807, 2.05) is 18.7 Å². The van der Waals surface area contributed by atoms with Gasteiger partial charge in [0, 0.05) is 19.2 Å². The van der Waals surface area contributed by atoms with Crippen LogP contribution in [0.2, 0.25) is 0 Å². The summed E-state index contributed by atoms with van der Waals surface area (Å²) in [5.41, 5.74) is 0.495. The van der Waals surface area contributed by atoms with Crippen LogP contribution in [0.15, 0.2) is 12.3 Å². The predicted molar refractivity (Wildman–Crippen MR) is 64.5 cm³/mol. The number of aliphatic hydroxyl groups excluding tert-OH is 1. The minimum Gasteiger partial charge on any atom is -0.392 e. The Balaban J connectivity index is 3.02. The molecule has 1 atom stereocenters. The zero-order valence-corrected chi connectivity index (χ0v) is 10.5. The molecule has 0 saturated heterocycles. The summed E-state index contributed by atoms with van der Waals surface area (Å²) in [4.78, 5) is 6.04. The maximum Gasteiger partial charge on any atom is 0.142 e. The molecule has 1 rings (SSSR count). The van der Waals surface area contributed by atoms with Crippen molar-refractivity contribution < 1.29 is 14.2 Å². The van der Waals surface area contributed by atoms with E-state index in [0.29, 0.717) is 18.0 Å². The molecule has 1 aromatic heterocycles. The van der Waals surface area contributed by atoms with Crippen molar-refractivity contribution in [3.63, 3.8) is 0 Å². The summed E-state index contributed by atoms with van der Waals surface area (Å²) in [5, 5.41) is 9.23. The zero-order chi connectivity index (χ0) is 12.8. The first-order chi connectivity index (χ1) is 8.13. The highest BCUT2D eigenvalue weighted by atomic mass is 19.1. The highest BCUT2D eigenvalue weighted by Gasteiger charge is 2.17. The van der Waals surface area contributed by atoms with E-state index in [4.69, 9.17) is 4.74 Å². The third-order valence-electron chi connectivity index (χ3n) is 2.63. The molecular weight excluding hydrogens is 223 g/mol. The largest absolute Gasteiger partial charge is 0.392 e. The van der Waals surface area contributed by atoms with E-state index < -0.39 is 5.82 Å². The van der Waals surface area contributed by atoms with Gasteiger partial charge in [0.15, 0.2) is 0 Å². The van der Waals surface area contributed by atoms with E-state index in [-0.39, 0.29) is 12.6 Å². The van der Waals surface area contributed by atoms with E-state index in [2.05, 4.69) is 4.98 Å². The van der Waals surface area contributed by atoms with Gasteiger partial charge in [-0.2, -0.15) is 0 Å². The van der Waals surface area contributed by atoms with Gasteiger partial charge in [0.1, 0.15) is 11.6 Å². The third kappa shape index (κ3) is 3.38. The van der Waals surface area contributed by atoms with Crippen molar-refractivity contribution in [1.82, 2.24) is 4.98 Å². The van der Waals surface area contributed by atoms with Gasteiger partial charge >= 0.3 is 0 Å². The summed E-state index contributed by atoms with van der Waals surface area (Å²) in [6, 6.07) is 1.43. The molecule has 96 valence electrons. The first kappa shape index (κ1) is 13.9. The third-order valence-corrected chi connectivity index (χ3v) is 2.63. The molecule has 4 nitrogen and oxygen atoms in total. The Hall–Kier alpha value is -1.20. The zero-order valence-electron chi connectivity index (χ0n) is 10.5. The second-order valence-electron chi connectivity index (χ2n) is 3.88. The summed E-state index contributed by atoms with van der Waals surface area (Å²) in [7, 11) is 1.63. The normalized spacial score (nSPS) is 12.5. The molecule has 0 amide bonds. The fourth-order valence-electron chi connectivity index (χ4n) is 1.85. The Morgan fingerprint density at radius 3 is 2.82 bits per heavy atom. The molecule has 0 spiro atoms. The van der Waals surface area contributed by atoms with Gasteiger partial charge in [-0.25, -0.2) is 9.37 Å². The quantitative estimate of drug-likeness (QED) is 0.822. The fourth-order valence-corrected chi connectivity index (χ4v) is 1.85. The molecule has 0 aromatic carbocycles. The molecule has 5 heteroatoms. The van der Waals surface area contributed by atoms with Crippen molar-refractivity contribution in [2.75, 3.05) is 25.2 Å². The van der Waals surface area contributed by atoms with Gasteiger partial charge in [0.05, 0.1) is 25.5 Å². The Morgan fingerprint density at radius 2 is 2.29 bits per heavy atom. The lowest BCUT2D eigenvalue weighted by Gasteiger charge is -2.30. The number of pyridine rings is 1. The number of hydrogen-bond acceptors (Lipinski definition) is 4. The van der Waals surface area contributed by atoms with Crippen molar-refractivity contribution >= 4 is 5.82 Å². The number of aliphatic hydroxyl groups is 1. The minimum atomic E-state index is -0.437. The monoisotopic (exact) mass is 242 g/mol. The number of ether oxygens (including phenoxy) is 1. The maximum atomic E-state index is 13.0. The van der Waals surface area contributed by atoms with Crippen LogP contribution in [0.1, 0.15) is 19.4 Å². The molecule has 1 heterocycles. The number of nitrogens with zero attached hydrogens (tertiary/aromatic N) is 2. The Labute approximate surface area is 101 Å². The Bertz CT molecular complexity index is 360. The average molecular weight is 242 g/mol. The minimum absolute atomic E-state index is 0.119. The van der Waals surface area contributed by atoms with Gasteiger partial charge in [-0.15, -0.1) is 0 Å². The van der Waals surface area contributed by atoms with E-state index >= 15 is 0 Å². The smallest absolute Gasteiger partial charge is 0.142 e. The summed E-state index contributed by atoms with van der Waals surface area (Å²) >= 11 is 0. The predicted octanol–water partition coefficient (Wildman–Crippen LogP) is 1.57. The SMILES string of the molecule is CCN(c1ncc(F)cc1CO)C(C)COC. The molecule has 1 N–H and O–H groups in total. The number of aromatic nitrogens is 1. The molecule has 0 bridgehead atoms. The van der Waals surface area contributed by atoms with Crippen LogP contribution in [0, 0.1) is 5.82 Å². The maximum absolute atomic E-state index is 13.0. The van der Waals surface area contributed by atoms with Crippen LogP contribution < -0.4 is 4.90 Å². The van der Waals surface area contributed by atoms with Gasteiger partial charge in [-0.05, 0) is 19.9 Å². The first-order valence-electron chi connectivity index (χ1n) is 5.64. The highest BCUT2D eigenvalue weighted by Crippen LogP contribution is 2.20. The molecule has 0 radical (unpaired) electrons. The Morgan fingerprint density at radius 1 is 1.59 bits per heavy atom. The van der Waals surface area contributed by atoms with E-state index in [1.165, 1.54) is 6.07 Å². The van der Waals surface area contributed by atoms with Crippen LogP contribution in [0.4, 0.5) is 10.2 Å². The number of halogens is 1. The van der Waals surface area contributed by atoms with E-state index in [1.54, 1.807) is 7.11 Å². The van der Waals surface area contributed by atoms with Crippen LogP contribution in [0.25, 0.3) is 0 Å². The second kappa shape index (κ2) is 6.51. The second-order valence-corrected chi connectivity index (χ2v) is 3.88. The van der Waals surface area contributed by atoms with Crippen LogP contribution in [0.5, 0.6) is 0 Å². The van der Waals surface area contributed by atoms with Crippen LogP contribution >= 0.6 is 0 Å². The van der Waals surface area contributed by atoms with Crippen molar-refractivity contribution in [3.05, 3.63) is 23.6 Å². The number of hydrogen-bond donors (Lipinski definition) is 1. The van der Waals surface area contributed by atoms with Crippen molar-refractivity contribution in [2.45, 2.75) is 26.5 Å². The van der Waals surface area contributed by atoms with Gasteiger partial charge in [0.25, 0.3) is 0 Å². The summed E-state index contributed by atoms with van der Waals surface area (Å²) < 4.78 is 18.1. The molecular formula is C12H19FN2O2. The highest BCUT2D eigenvalue weighted by molar-refractivity contribution is 5.47. The molecule has 0 aliphatic heterocycles. The molecule has 0 saturated carbocycles. The van der Waals surface area contributed by atoms with Gasteiger partial charge < -0.3 is 14.7 Å². The standard InChI is InChI=1S/C12H19FN2O2/c1-4-15(9(2)8-17-3)12-10(7-16)5-11(13)6-14-12/h5-6,9,16H,4,7-8H2,1-3H3. The summed E-state index contributed by atoms with van der Waals surface area (Å²) in [6.07, 6.45) is 1.16. The first-order valence-corrected chi connectivity index (χ1v) is 5.64. The lowest BCUT2D eigenvalue weighted by Crippen LogP contribution is -2.37. The van der Waals surface area contributed by atoms with E-state index in [0.717, 1.165) is 12.7 Å². The van der Waals surface area contributed by atoms with Crippen molar-refractivity contribution in [2.24, 2.45) is 0 Å². The molecule has 0 fully saturated rings. The van der Waals surface area contributed by atoms with Crippen LogP contribution in [-0.4, -0.2) is 36.4 Å². The fraction of sp³-hybridized carbons (Fsp3) is 0.583. The molecule has 1 unspecified atom stereocenters. The topological polar surface area (TPSA) is 45.6 Å². The molecule has 1 aromatic rings. The van der Waals surface area contributed by atoms with Gasteiger partial charge in [-0.1, -0.05) is 0 Å². The lowest BCUT2D eigenvalue weighted by molar-refractivity contribution is 0.181.